The lowest BCUT2D eigenvalue weighted by molar-refractivity contribution is 0.198. The first kappa shape index (κ1) is 14.2. The van der Waals surface area contributed by atoms with E-state index in [1.54, 1.807) is 6.07 Å². The fourth-order valence-corrected chi connectivity index (χ4v) is 2.24. The molecule has 2 aromatic carbocycles. The fourth-order valence-electron chi connectivity index (χ4n) is 1.86. The molecule has 100 valence electrons. The molecule has 1 unspecified atom stereocenters. The van der Waals surface area contributed by atoms with Gasteiger partial charge in [-0.1, -0.05) is 41.4 Å². The van der Waals surface area contributed by atoms with Gasteiger partial charge in [-0.15, -0.1) is 0 Å². The van der Waals surface area contributed by atoms with Crippen molar-refractivity contribution in [3.63, 3.8) is 0 Å². The van der Waals surface area contributed by atoms with Crippen molar-refractivity contribution in [3.05, 3.63) is 64.1 Å². The van der Waals surface area contributed by atoms with E-state index in [1.165, 1.54) is 0 Å². The minimum Gasteiger partial charge on any atom is -0.486 e. The van der Waals surface area contributed by atoms with Crippen LogP contribution in [-0.2, 0) is 0 Å². The fraction of sp³-hybridized carbons (Fsp3) is 0.200. The highest BCUT2D eigenvalue weighted by atomic mass is 35.5. The maximum absolute atomic E-state index is 6.01. The molecular formula is C15H15Cl2NO. The summed E-state index contributed by atoms with van der Waals surface area (Å²) in [6.45, 7) is 0.539. The molecule has 4 heteroatoms. The number of rotatable bonds is 5. The number of hydrogen-bond acceptors (Lipinski definition) is 2. The lowest BCUT2D eigenvalue weighted by Crippen LogP contribution is -2.13. The Balaban J connectivity index is 2.21. The van der Waals surface area contributed by atoms with Crippen LogP contribution in [0.4, 0.5) is 0 Å². The molecule has 2 nitrogen and oxygen atoms in total. The van der Waals surface area contributed by atoms with Crippen LogP contribution in [0.15, 0.2) is 48.5 Å². The van der Waals surface area contributed by atoms with Crippen LogP contribution < -0.4 is 10.5 Å². The van der Waals surface area contributed by atoms with Gasteiger partial charge in [0.25, 0.3) is 0 Å². The van der Waals surface area contributed by atoms with E-state index in [0.29, 0.717) is 23.0 Å². The van der Waals surface area contributed by atoms with Crippen LogP contribution in [-0.4, -0.2) is 6.54 Å². The zero-order valence-electron chi connectivity index (χ0n) is 10.4. The number of halogens is 2. The predicted molar refractivity (Wildman–Crippen MR) is 79.9 cm³/mol. The standard InChI is InChI=1S/C15H15Cl2NO/c16-12-4-1-3-11(9-12)15(7-8-18)19-14-6-2-5-13(17)10-14/h1-6,9-10,15H,7-8,18H2. The van der Waals surface area contributed by atoms with Crippen molar-refractivity contribution in [2.45, 2.75) is 12.5 Å². The SMILES string of the molecule is NCCC(Oc1cccc(Cl)c1)c1cccc(Cl)c1. The monoisotopic (exact) mass is 295 g/mol. The molecule has 19 heavy (non-hydrogen) atoms. The molecule has 0 aliphatic heterocycles. The molecule has 0 fully saturated rings. The average molecular weight is 296 g/mol. The van der Waals surface area contributed by atoms with Gasteiger partial charge in [-0.05, 0) is 42.4 Å². The molecule has 0 aromatic heterocycles. The molecule has 0 radical (unpaired) electrons. The minimum absolute atomic E-state index is 0.123. The summed E-state index contributed by atoms with van der Waals surface area (Å²) in [5.41, 5.74) is 6.66. The zero-order valence-corrected chi connectivity index (χ0v) is 11.9. The highest BCUT2D eigenvalue weighted by molar-refractivity contribution is 6.30. The first-order chi connectivity index (χ1) is 9.19. The number of nitrogens with two attached hydrogens (primary N) is 1. The number of ether oxygens (including phenoxy) is 1. The van der Waals surface area contributed by atoms with Gasteiger partial charge in [-0.25, -0.2) is 0 Å². The molecule has 0 bridgehead atoms. The second-order valence-corrected chi connectivity index (χ2v) is 5.07. The van der Waals surface area contributed by atoms with E-state index >= 15 is 0 Å². The third-order valence-electron chi connectivity index (χ3n) is 2.72. The van der Waals surface area contributed by atoms with E-state index in [-0.39, 0.29) is 6.10 Å². The zero-order chi connectivity index (χ0) is 13.7. The molecule has 2 rings (SSSR count). The summed E-state index contributed by atoms with van der Waals surface area (Å²) in [4.78, 5) is 0. The third kappa shape index (κ3) is 4.13. The van der Waals surface area contributed by atoms with Crippen LogP contribution in [0.25, 0.3) is 0 Å². The van der Waals surface area contributed by atoms with Gasteiger partial charge < -0.3 is 10.5 Å². The first-order valence-corrected chi connectivity index (χ1v) is 6.82. The molecule has 0 saturated carbocycles. The Hall–Kier alpha value is -1.22. The van der Waals surface area contributed by atoms with Crippen LogP contribution in [0.5, 0.6) is 5.75 Å². The predicted octanol–water partition coefficient (Wildman–Crippen LogP) is 4.46. The number of hydrogen-bond donors (Lipinski definition) is 1. The van der Waals surface area contributed by atoms with Crippen molar-refractivity contribution in [1.82, 2.24) is 0 Å². The van der Waals surface area contributed by atoms with Crippen molar-refractivity contribution in [2.75, 3.05) is 6.54 Å². The summed E-state index contributed by atoms with van der Waals surface area (Å²) in [6.07, 6.45) is 0.592. The average Bonchev–Trinajstić information content (AvgIpc) is 2.38. The van der Waals surface area contributed by atoms with E-state index in [0.717, 1.165) is 11.3 Å². The van der Waals surface area contributed by atoms with E-state index < -0.39 is 0 Å². The second-order valence-electron chi connectivity index (χ2n) is 4.20. The third-order valence-corrected chi connectivity index (χ3v) is 3.19. The topological polar surface area (TPSA) is 35.2 Å². The lowest BCUT2D eigenvalue weighted by Gasteiger charge is -2.19. The van der Waals surface area contributed by atoms with Gasteiger partial charge in [0.2, 0.25) is 0 Å². The van der Waals surface area contributed by atoms with Crippen molar-refractivity contribution in [2.24, 2.45) is 5.73 Å². The van der Waals surface area contributed by atoms with Gasteiger partial charge in [0.05, 0.1) is 0 Å². The quantitative estimate of drug-likeness (QED) is 0.884. The van der Waals surface area contributed by atoms with E-state index in [4.69, 9.17) is 33.7 Å². The van der Waals surface area contributed by atoms with Gasteiger partial charge in [0, 0.05) is 16.5 Å². The van der Waals surface area contributed by atoms with Crippen LogP contribution in [0.1, 0.15) is 18.1 Å². The minimum atomic E-state index is -0.123. The Morgan fingerprint density at radius 1 is 1.00 bits per heavy atom. The Kier molecular flexibility index (Phi) is 5.08. The maximum Gasteiger partial charge on any atom is 0.125 e. The maximum atomic E-state index is 6.01. The Bertz CT molecular complexity index is 545. The summed E-state index contributed by atoms with van der Waals surface area (Å²) < 4.78 is 5.95. The molecule has 0 aliphatic carbocycles. The first-order valence-electron chi connectivity index (χ1n) is 6.07. The molecule has 2 aromatic rings. The van der Waals surface area contributed by atoms with E-state index in [2.05, 4.69) is 0 Å². The highest BCUT2D eigenvalue weighted by Crippen LogP contribution is 2.27. The Morgan fingerprint density at radius 2 is 1.68 bits per heavy atom. The molecule has 2 N–H and O–H groups in total. The summed E-state index contributed by atoms with van der Waals surface area (Å²) in [7, 11) is 0. The van der Waals surface area contributed by atoms with Crippen LogP contribution in [0.3, 0.4) is 0 Å². The summed E-state index contributed by atoms with van der Waals surface area (Å²) in [6, 6.07) is 15.0. The Labute approximate surface area is 123 Å². The van der Waals surface area contributed by atoms with Crippen LogP contribution in [0.2, 0.25) is 10.0 Å². The summed E-state index contributed by atoms with van der Waals surface area (Å²) >= 11 is 12.0. The lowest BCUT2D eigenvalue weighted by atomic mass is 10.1. The van der Waals surface area contributed by atoms with Crippen LogP contribution >= 0.6 is 23.2 Å². The van der Waals surface area contributed by atoms with E-state index in [1.807, 2.05) is 42.5 Å². The molecule has 0 heterocycles. The highest BCUT2D eigenvalue weighted by Gasteiger charge is 2.13. The normalized spacial score (nSPS) is 12.2. The van der Waals surface area contributed by atoms with Gasteiger partial charge in [-0.3, -0.25) is 0 Å². The largest absolute Gasteiger partial charge is 0.486 e. The molecule has 0 aliphatic rings. The van der Waals surface area contributed by atoms with Crippen molar-refractivity contribution in [1.29, 1.82) is 0 Å². The molecule has 0 saturated heterocycles. The van der Waals surface area contributed by atoms with Crippen molar-refractivity contribution in [3.8, 4) is 5.75 Å². The van der Waals surface area contributed by atoms with Gasteiger partial charge in [0.1, 0.15) is 11.9 Å². The van der Waals surface area contributed by atoms with E-state index in [9.17, 15) is 0 Å². The second kappa shape index (κ2) is 6.80. The van der Waals surface area contributed by atoms with Crippen molar-refractivity contribution < 1.29 is 4.74 Å². The summed E-state index contributed by atoms with van der Waals surface area (Å²) in [5.74, 6) is 0.728. The number of benzene rings is 2. The van der Waals surface area contributed by atoms with Gasteiger partial charge in [-0.2, -0.15) is 0 Å². The van der Waals surface area contributed by atoms with Crippen molar-refractivity contribution >= 4 is 23.2 Å². The molecule has 0 amide bonds. The van der Waals surface area contributed by atoms with Crippen LogP contribution in [0, 0.1) is 0 Å². The summed E-state index contributed by atoms with van der Waals surface area (Å²) in [5, 5.41) is 1.34. The van der Waals surface area contributed by atoms with Gasteiger partial charge in [0.15, 0.2) is 0 Å². The Morgan fingerprint density at radius 3 is 2.32 bits per heavy atom. The van der Waals surface area contributed by atoms with Gasteiger partial charge >= 0.3 is 0 Å². The molecule has 0 spiro atoms. The smallest absolute Gasteiger partial charge is 0.125 e. The molecule has 1 atom stereocenters. The molecular weight excluding hydrogens is 281 g/mol.